The highest BCUT2D eigenvalue weighted by Gasteiger charge is 2.63. The van der Waals surface area contributed by atoms with Crippen LogP contribution in [0.5, 0.6) is 0 Å². The quantitative estimate of drug-likeness (QED) is 0.193. The van der Waals surface area contributed by atoms with Crippen LogP contribution in [-0.2, 0) is 5.41 Å². The van der Waals surface area contributed by atoms with Gasteiger partial charge in [-0.05, 0) is 43.2 Å². The number of hydrogen-bond acceptors (Lipinski definition) is 5. The molecule has 0 amide bonds. The van der Waals surface area contributed by atoms with E-state index in [0.717, 1.165) is 61.5 Å². The van der Waals surface area contributed by atoms with Crippen LogP contribution in [0.15, 0.2) is 126 Å². The zero-order valence-electron chi connectivity index (χ0n) is 25.1. The number of allylic oxidation sites excluding steroid dienone is 2. The zero-order valence-corrected chi connectivity index (χ0v) is 25.1. The van der Waals surface area contributed by atoms with Gasteiger partial charge in [-0.25, -0.2) is 9.97 Å². The Morgan fingerprint density at radius 2 is 1.09 bits per heavy atom. The summed E-state index contributed by atoms with van der Waals surface area (Å²) in [7, 11) is 0. The number of nitrogens with zero attached hydrogens (tertiary/aromatic N) is 3. The Hall–Kier alpha value is -5.94. The van der Waals surface area contributed by atoms with Gasteiger partial charge in [0.25, 0.3) is 0 Å². The molecule has 6 aromatic rings. The first-order valence-corrected chi connectivity index (χ1v) is 15.5. The van der Waals surface area contributed by atoms with Gasteiger partial charge in [0.15, 0.2) is 11.6 Å². The predicted octanol–water partition coefficient (Wildman–Crippen LogP) is 8.25. The van der Waals surface area contributed by atoms with Crippen LogP contribution in [0.1, 0.15) is 54.2 Å². The van der Waals surface area contributed by atoms with E-state index in [4.69, 9.17) is 9.97 Å². The number of aromatic nitrogens is 2. The van der Waals surface area contributed by atoms with Crippen LogP contribution in [0.2, 0.25) is 0 Å². The molecule has 0 saturated carbocycles. The lowest BCUT2D eigenvalue weighted by molar-refractivity contribution is 0.101. The number of ketones is 2. The fraction of sp³-hybridized carbons (Fsp3) is 0.0732. The van der Waals surface area contributed by atoms with Crippen LogP contribution >= 0.6 is 0 Å². The average molecular weight is 592 g/mol. The summed E-state index contributed by atoms with van der Waals surface area (Å²) in [6, 6.07) is 37.9. The molecule has 5 heteroatoms. The Bertz CT molecular complexity index is 2420. The second kappa shape index (κ2) is 8.61. The molecule has 0 fully saturated rings. The van der Waals surface area contributed by atoms with Gasteiger partial charge in [-0.2, -0.15) is 0 Å². The van der Waals surface area contributed by atoms with Crippen LogP contribution in [0.3, 0.4) is 0 Å². The van der Waals surface area contributed by atoms with E-state index in [2.05, 4.69) is 43.0 Å². The topological polar surface area (TPSA) is 63.2 Å². The molecule has 216 valence electrons. The maximum Gasteiger partial charge on any atom is 0.193 e. The van der Waals surface area contributed by atoms with E-state index in [1.165, 1.54) is 0 Å². The molecule has 4 aliphatic rings. The van der Waals surface area contributed by atoms with Crippen LogP contribution in [0.25, 0.3) is 33.7 Å². The van der Waals surface area contributed by atoms with Crippen molar-refractivity contribution in [3.8, 4) is 11.3 Å². The van der Waals surface area contributed by atoms with Crippen molar-refractivity contribution in [1.82, 2.24) is 9.97 Å². The second-order valence-corrected chi connectivity index (χ2v) is 12.5. The minimum atomic E-state index is -1.27. The zero-order chi connectivity index (χ0) is 30.9. The van der Waals surface area contributed by atoms with Crippen molar-refractivity contribution in [1.29, 1.82) is 0 Å². The van der Waals surface area contributed by atoms with Gasteiger partial charge in [0.2, 0.25) is 0 Å². The third-order valence-electron chi connectivity index (χ3n) is 10.1. The van der Waals surface area contributed by atoms with Gasteiger partial charge in [-0.3, -0.25) is 9.59 Å². The number of fused-ring (bicyclic) bond motifs is 12. The van der Waals surface area contributed by atoms with Crippen LogP contribution in [0.4, 0.5) is 5.69 Å². The minimum Gasteiger partial charge on any atom is -0.308 e. The fourth-order valence-corrected chi connectivity index (χ4v) is 8.32. The molecule has 1 aromatic heterocycles. The molecule has 5 aromatic carbocycles. The Morgan fingerprint density at radius 1 is 0.565 bits per heavy atom. The molecule has 46 heavy (non-hydrogen) atoms. The van der Waals surface area contributed by atoms with Gasteiger partial charge in [0.1, 0.15) is 5.41 Å². The van der Waals surface area contributed by atoms with Crippen molar-refractivity contribution in [2.24, 2.45) is 0 Å². The molecule has 0 bridgehead atoms. The number of aryl methyl sites for hydroxylation is 2. The van der Waals surface area contributed by atoms with Gasteiger partial charge < -0.3 is 4.90 Å². The molecule has 0 N–H and O–H groups in total. The van der Waals surface area contributed by atoms with Crippen molar-refractivity contribution < 1.29 is 9.59 Å². The lowest BCUT2D eigenvalue weighted by Crippen LogP contribution is -2.42. The van der Waals surface area contributed by atoms with E-state index >= 15 is 9.59 Å². The second-order valence-electron chi connectivity index (χ2n) is 12.5. The van der Waals surface area contributed by atoms with Crippen molar-refractivity contribution in [3.05, 3.63) is 171 Å². The highest BCUT2D eigenvalue weighted by Crippen LogP contribution is 2.66. The van der Waals surface area contributed by atoms with Crippen LogP contribution in [0, 0.1) is 13.8 Å². The lowest BCUT2D eigenvalue weighted by Gasteiger charge is -2.43. The third kappa shape index (κ3) is 2.87. The predicted molar refractivity (Wildman–Crippen MR) is 180 cm³/mol. The molecular formula is C41H25N3O2. The number of anilines is 1. The molecular weight excluding hydrogens is 566 g/mol. The summed E-state index contributed by atoms with van der Waals surface area (Å²) in [5.74, 6) is -0.179. The van der Waals surface area contributed by atoms with Gasteiger partial charge in [0.05, 0.1) is 33.8 Å². The number of para-hydroxylation sites is 2. The maximum absolute atomic E-state index is 15.1. The monoisotopic (exact) mass is 591 g/mol. The van der Waals surface area contributed by atoms with Gasteiger partial charge in [-0.15, -0.1) is 0 Å². The summed E-state index contributed by atoms with van der Waals surface area (Å²) in [6.07, 6.45) is 0. The number of Topliss-reactive ketones (excluding diaryl/α,β-unsaturated/α-hetero) is 2. The summed E-state index contributed by atoms with van der Waals surface area (Å²) >= 11 is 0. The van der Waals surface area contributed by atoms with Crippen molar-refractivity contribution >= 4 is 39.7 Å². The molecule has 0 saturated heterocycles. The summed E-state index contributed by atoms with van der Waals surface area (Å²) in [5, 5.41) is 0. The number of rotatable bonds is 1. The molecule has 5 nitrogen and oxygen atoms in total. The summed E-state index contributed by atoms with van der Waals surface area (Å²) in [5.41, 5.74) is 12.1. The molecule has 1 spiro atoms. The number of carbonyl (C=O) groups excluding carboxylic acids is 2. The molecule has 1 aliphatic heterocycles. The summed E-state index contributed by atoms with van der Waals surface area (Å²) < 4.78 is 0. The van der Waals surface area contributed by atoms with E-state index < -0.39 is 5.41 Å². The molecule has 10 rings (SSSR count). The Balaban J connectivity index is 1.45. The van der Waals surface area contributed by atoms with E-state index in [9.17, 15) is 0 Å². The maximum atomic E-state index is 15.1. The van der Waals surface area contributed by atoms with E-state index in [1.807, 2.05) is 91.0 Å². The lowest BCUT2D eigenvalue weighted by atomic mass is 9.64. The Morgan fingerprint density at radius 3 is 1.70 bits per heavy atom. The van der Waals surface area contributed by atoms with Crippen LogP contribution < -0.4 is 4.90 Å². The molecule has 0 unspecified atom stereocenters. The van der Waals surface area contributed by atoms with E-state index in [1.54, 1.807) is 0 Å². The van der Waals surface area contributed by atoms with Crippen molar-refractivity contribution in [2.45, 2.75) is 19.3 Å². The smallest absolute Gasteiger partial charge is 0.193 e. The largest absolute Gasteiger partial charge is 0.308 e. The first kappa shape index (κ1) is 25.4. The molecule has 3 aliphatic carbocycles. The number of carbonyl (C=O) groups is 2. The highest BCUT2D eigenvalue weighted by atomic mass is 16.1. The van der Waals surface area contributed by atoms with Crippen molar-refractivity contribution in [2.75, 3.05) is 4.90 Å². The number of hydrogen-bond donors (Lipinski definition) is 0. The number of benzene rings is 5. The Kier molecular flexibility index (Phi) is 4.75. The SMILES string of the molecule is Cc1ccc(N2C3=C(C(=O)c4ccccc43)C3(C4=C2c2ccccc2C4=O)c2ccccc2-c2nc4ccccc4nc23)c(C)c1. The Labute approximate surface area is 265 Å². The van der Waals surface area contributed by atoms with E-state index in [0.29, 0.717) is 33.7 Å². The minimum absolute atomic E-state index is 0.0896. The average Bonchev–Trinajstić information content (AvgIpc) is 3.65. The first-order chi connectivity index (χ1) is 22.5. The van der Waals surface area contributed by atoms with Crippen molar-refractivity contribution in [3.63, 3.8) is 0 Å². The third-order valence-corrected chi connectivity index (χ3v) is 10.1. The van der Waals surface area contributed by atoms with Gasteiger partial charge >= 0.3 is 0 Å². The van der Waals surface area contributed by atoms with Crippen LogP contribution in [-0.4, -0.2) is 21.5 Å². The van der Waals surface area contributed by atoms with E-state index in [-0.39, 0.29) is 11.6 Å². The normalized spacial score (nSPS) is 16.5. The fourth-order valence-electron chi connectivity index (χ4n) is 8.32. The molecule has 0 atom stereocenters. The van der Waals surface area contributed by atoms with Gasteiger partial charge in [-0.1, -0.05) is 103 Å². The molecule has 0 radical (unpaired) electrons. The standard InChI is InChI=1S/C41H25N3O2/c1-22-19-20-32(23(2)21-22)44-36-24-11-3-5-13-26(24)38(45)33(36)41(34-37(44)25-12-4-6-14-27(25)39(34)46)29-16-8-7-15-28(29)35-40(41)43-31-18-10-9-17-30(31)42-35/h3-21H,1-2H3. The van der Waals surface area contributed by atoms with Gasteiger partial charge in [0, 0.05) is 44.7 Å². The summed E-state index contributed by atoms with van der Waals surface area (Å²) in [4.78, 5) is 42.9. The summed E-state index contributed by atoms with van der Waals surface area (Å²) in [6.45, 7) is 4.17. The first-order valence-electron chi connectivity index (χ1n) is 15.5. The molecule has 2 heterocycles. The highest BCUT2D eigenvalue weighted by molar-refractivity contribution is 6.35.